The Hall–Kier alpha value is -0.530. The van der Waals surface area contributed by atoms with Crippen LogP contribution in [0.15, 0.2) is 0 Å². The predicted molar refractivity (Wildman–Crippen MR) is 82.2 cm³/mol. The quantitative estimate of drug-likeness (QED) is 0.353. The van der Waals surface area contributed by atoms with Crippen LogP contribution in [0.2, 0.25) is 0 Å². The molecule has 1 atom stereocenters. The average molecular weight is 270 g/mol. The summed E-state index contributed by atoms with van der Waals surface area (Å²) >= 11 is 0. The minimum Gasteiger partial charge on any atom is -0.466 e. The van der Waals surface area contributed by atoms with E-state index in [1.165, 1.54) is 38.5 Å². The number of carbonyl (C=O) groups excluding carboxylic acids is 1. The van der Waals surface area contributed by atoms with Crippen molar-refractivity contribution in [1.29, 1.82) is 0 Å². The normalized spacial score (nSPS) is 12.7. The molecule has 0 saturated heterocycles. The lowest BCUT2D eigenvalue weighted by Gasteiger charge is -2.14. The van der Waals surface area contributed by atoms with Crippen molar-refractivity contribution >= 4 is 5.97 Å². The van der Waals surface area contributed by atoms with Crippen LogP contribution in [0.5, 0.6) is 0 Å². The van der Waals surface area contributed by atoms with E-state index < -0.39 is 0 Å². The fraction of sp³-hybridized carbons (Fsp3) is 0.941. The number of unbranched alkanes of at least 4 members (excludes halogenated alkanes) is 4. The van der Waals surface area contributed by atoms with Crippen molar-refractivity contribution < 1.29 is 9.53 Å². The Balaban J connectivity index is 3.63. The number of hydrogen-bond acceptors (Lipinski definition) is 2. The van der Waals surface area contributed by atoms with Crippen LogP contribution in [0.4, 0.5) is 0 Å². The zero-order chi connectivity index (χ0) is 14.5. The first-order chi connectivity index (χ1) is 9.10. The highest BCUT2D eigenvalue weighted by molar-refractivity contribution is 5.69. The molecule has 0 bridgehead atoms. The topological polar surface area (TPSA) is 26.3 Å². The molecule has 0 heterocycles. The van der Waals surface area contributed by atoms with Gasteiger partial charge >= 0.3 is 5.97 Å². The lowest BCUT2D eigenvalue weighted by molar-refractivity contribution is -0.145. The molecular weight excluding hydrogens is 236 g/mol. The minimum absolute atomic E-state index is 0.000980. The van der Waals surface area contributed by atoms with Gasteiger partial charge in [-0.3, -0.25) is 4.79 Å². The van der Waals surface area contributed by atoms with Crippen molar-refractivity contribution in [3.63, 3.8) is 0 Å². The monoisotopic (exact) mass is 270 g/mol. The van der Waals surface area contributed by atoms with Gasteiger partial charge in [0.1, 0.15) is 0 Å². The third-order valence-corrected chi connectivity index (χ3v) is 3.71. The zero-order valence-electron chi connectivity index (χ0n) is 13.5. The minimum atomic E-state index is 0.000980. The van der Waals surface area contributed by atoms with Crippen molar-refractivity contribution in [2.24, 2.45) is 11.8 Å². The standard InChI is InChI=1S/C17H34O2/c1-5-7-8-9-10-11-16(6-2)14-17(18)19-13-12-15(3)4/h15-16H,5-14H2,1-4H3. The van der Waals surface area contributed by atoms with Gasteiger partial charge in [0.15, 0.2) is 0 Å². The van der Waals surface area contributed by atoms with E-state index in [2.05, 4.69) is 27.7 Å². The Labute approximate surface area is 120 Å². The maximum absolute atomic E-state index is 11.7. The second kappa shape index (κ2) is 12.5. The number of rotatable bonds is 12. The highest BCUT2D eigenvalue weighted by atomic mass is 16.5. The Morgan fingerprint density at radius 1 is 1.00 bits per heavy atom. The average Bonchev–Trinajstić information content (AvgIpc) is 2.36. The van der Waals surface area contributed by atoms with Crippen molar-refractivity contribution in [2.75, 3.05) is 6.61 Å². The van der Waals surface area contributed by atoms with Gasteiger partial charge in [-0.2, -0.15) is 0 Å². The van der Waals surface area contributed by atoms with Gasteiger partial charge in [-0.05, 0) is 24.7 Å². The largest absolute Gasteiger partial charge is 0.466 e. The summed E-state index contributed by atoms with van der Waals surface area (Å²) in [4.78, 5) is 11.7. The molecule has 19 heavy (non-hydrogen) atoms. The van der Waals surface area contributed by atoms with Crippen LogP contribution in [-0.4, -0.2) is 12.6 Å². The first-order valence-electron chi connectivity index (χ1n) is 8.25. The van der Waals surface area contributed by atoms with E-state index in [1.54, 1.807) is 0 Å². The van der Waals surface area contributed by atoms with Crippen LogP contribution in [0, 0.1) is 11.8 Å². The molecule has 0 N–H and O–H groups in total. The summed E-state index contributed by atoms with van der Waals surface area (Å²) in [5.41, 5.74) is 0. The van der Waals surface area contributed by atoms with Gasteiger partial charge in [0.2, 0.25) is 0 Å². The molecule has 0 aromatic carbocycles. The molecule has 0 aliphatic heterocycles. The predicted octanol–water partition coefficient (Wildman–Crippen LogP) is 5.35. The zero-order valence-corrected chi connectivity index (χ0v) is 13.5. The van der Waals surface area contributed by atoms with E-state index in [-0.39, 0.29) is 5.97 Å². The molecular formula is C17H34O2. The maximum atomic E-state index is 11.7. The fourth-order valence-corrected chi connectivity index (χ4v) is 2.19. The van der Waals surface area contributed by atoms with Crippen LogP contribution >= 0.6 is 0 Å². The summed E-state index contributed by atoms with van der Waals surface area (Å²) in [6, 6.07) is 0. The van der Waals surface area contributed by atoms with Gasteiger partial charge in [-0.1, -0.05) is 66.2 Å². The van der Waals surface area contributed by atoms with Gasteiger partial charge in [0, 0.05) is 6.42 Å². The SMILES string of the molecule is CCCCCCCC(CC)CC(=O)OCCC(C)C. The third kappa shape index (κ3) is 12.3. The molecule has 0 rings (SSSR count). The van der Waals surface area contributed by atoms with Crippen molar-refractivity contribution in [3.05, 3.63) is 0 Å². The summed E-state index contributed by atoms with van der Waals surface area (Å²) in [7, 11) is 0. The lowest BCUT2D eigenvalue weighted by Crippen LogP contribution is -2.13. The molecule has 0 spiro atoms. The third-order valence-electron chi connectivity index (χ3n) is 3.71. The highest BCUT2D eigenvalue weighted by Gasteiger charge is 2.13. The summed E-state index contributed by atoms with van der Waals surface area (Å²) in [5, 5.41) is 0. The number of esters is 1. The number of ether oxygens (including phenoxy) is 1. The van der Waals surface area contributed by atoms with Crippen molar-refractivity contribution in [1.82, 2.24) is 0 Å². The summed E-state index contributed by atoms with van der Waals surface area (Å²) in [5.74, 6) is 1.13. The molecule has 0 aromatic rings. The molecule has 0 radical (unpaired) electrons. The second-order valence-electron chi connectivity index (χ2n) is 6.08. The lowest BCUT2D eigenvalue weighted by atomic mass is 9.95. The summed E-state index contributed by atoms with van der Waals surface area (Å²) in [6.45, 7) is 9.31. The van der Waals surface area contributed by atoms with Gasteiger partial charge in [-0.25, -0.2) is 0 Å². The van der Waals surface area contributed by atoms with Crippen LogP contribution in [0.3, 0.4) is 0 Å². The fourth-order valence-electron chi connectivity index (χ4n) is 2.19. The molecule has 0 aromatic heterocycles. The summed E-state index contributed by atoms with van der Waals surface area (Å²) in [6.07, 6.45) is 10.4. The molecule has 114 valence electrons. The molecule has 0 fully saturated rings. The Morgan fingerprint density at radius 2 is 1.68 bits per heavy atom. The van der Waals surface area contributed by atoms with Gasteiger partial charge in [0.25, 0.3) is 0 Å². The van der Waals surface area contributed by atoms with Gasteiger partial charge < -0.3 is 4.74 Å². The Bertz CT molecular complexity index is 211. The first-order valence-corrected chi connectivity index (χ1v) is 8.25. The van der Waals surface area contributed by atoms with Crippen LogP contribution in [0.25, 0.3) is 0 Å². The van der Waals surface area contributed by atoms with E-state index in [4.69, 9.17) is 4.74 Å². The van der Waals surface area contributed by atoms with Gasteiger partial charge in [0.05, 0.1) is 6.61 Å². The molecule has 0 amide bonds. The summed E-state index contributed by atoms with van der Waals surface area (Å²) < 4.78 is 5.29. The van der Waals surface area contributed by atoms with Crippen LogP contribution in [-0.2, 0) is 9.53 Å². The molecule has 1 unspecified atom stereocenters. The Morgan fingerprint density at radius 3 is 2.26 bits per heavy atom. The van der Waals surface area contributed by atoms with Gasteiger partial charge in [-0.15, -0.1) is 0 Å². The van der Waals surface area contributed by atoms with E-state index in [0.717, 1.165) is 12.8 Å². The molecule has 0 aliphatic rings. The smallest absolute Gasteiger partial charge is 0.306 e. The molecule has 0 aliphatic carbocycles. The second-order valence-corrected chi connectivity index (χ2v) is 6.08. The Kier molecular flexibility index (Phi) is 12.2. The molecule has 0 saturated carbocycles. The van der Waals surface area contributed by atoms with E-state index >= 15 is 0 Å². The number of hydrogen-bond donors (Lipinski definition) is 0. The van der Waals surface area contributed by atoms with Crippen LogP contribution in [0.1, 0.15) is 85.5 Å². The van der Waals surface area contributed by atoms with Crippen molar-refractivity contribution in [2.45, 2.75) is 85.5 Å². The first kappa shape index (κ1) is 18.5. The van der Waals surface area contributed by atoms with E-state index in [9.17, 15) is 4.79 Å². The highest BCUT2D eigenvalue weighted by Crippen LogP contribution is 2.18. The van der Waals surface area contributed by atoms with Crippen molar-refractivity contribution in [3.8, 4) is 0 Å². The maximum Gasteiger partial charge on any atom is 0.306 e. The van der Waals surface area contributed by atoms with E-state index in [0.29, 0.717) is 24.9 Å². The van der Waals surface area contributed by atoms with Crippen LogP contribution < -0.4 is 0 Å². The molecule has 2 heteroatoms. The number of carbonyl (C=O) groups is 1. The van der Waals surface area contributed by atoms with E-state index in [1.807, 2.05) is 0 Å². The molecule has 2 nitrogen and oxygen atoms in total.